The van der Waals surface area contributed by atoms with Crippen LogP contribution in [0.3, 0.4) is 0 Å². The summed E-state index contributed by atoms with van der Waals surface area (Å²) in [6.45, 7) is 0.382. The standard InChI is InChI=1S/C10H9ClN4O/c11-7-1-3-12-9(5-7)10(16)13-6-8-2-4-14-15-8/h1-5H,6H2,(H,13,16)(H,14,15). The van der Waals surface area contributed by atoms with E-state index in [4.69, 9.17) is 11.6 Å². The summed E-state index contributed by atoms with van der Waals surface area (Å²) in [6, 6.07) is 4.92. The van der Waals surface area contributed by atoms with Crippen LogP contribution in [0, 0.1) is 0 Å². The molecule has 0 aliphatic rings. The molecule has 2 aromatic rings. The van der Waals surface area contributed by atoms with Crippen molar-refractivity contribution in [2.24, 2.45) is 0 Å². The highest BCUT2D eigenvalue weighted by Crippen LogP contribution is 2.07. The summed E-state index contributed by atoms with van der Waals surface area (Å²) in [6.07, 6.45) is 3.12. The molecule has 1 amide bonds. The van der Waals surface area contributed by atoms with Crippen LogP contribution >= 0.6 is 11.6 Å². The Kier molecular flexibility index (Phi) is 3.16. The highest BCUT2D eigenvalue weighted by Gasteiger charge is 2.07. The molecule has 0 aromatic carbocycles. The molecule has 5 nitrogen and oxygen atoms in total. The Hall–Kier alpha value is -1.88. The van der Waals surface area contributed by atoms with Crippen LogP contribution in [-0.2, 0) is 6.54 Å². The van der Waals surface area contributed by atoms with Gasteiger partial charge < -0.3 is 5.32 Å². The van der Waals surface area contributed by atoms with Gasteiger partial charge in [0.1, 0.15) is 5.69 Å². The molecule has 0 radical (unpaired) electrons. The number of halogens is 1. The minimum atomic E-state index is -0.267. The predicted octanol–water partition coefficient (Wildman–Crippen LogP) is 1.39. The number of aromatic nitrogens is 3. The third-order valence-electron chi connectivity index (χ3n) is 1.95. The van der Waals surface area contributed by atoms with Crippen LogP contribution in [0.5, 0.6) is 0 Å². The number of nitrogens with zero attached hydrogens (tertiary/aromatic N) is 2. The summed E-state index contributed by atoms with van der Waals surface area (Å²) in [7, 11) is 0. The molecule has 0 saturated heterocycles. The van der Waals surface area contributed by atoms with Gasteiger partial charge in [0, 0.05) is 17.4 Å². The Morgan fingerprint density at radius 2 is 2.31 bits per heavy atom. The second-order valence-electron chi connectivity index (χ2n) is 3.12. The molecular weight excluding hydrogens is 228 g/mol. The van der Waals surface area contributed by atoms with Gasteiger partial charge in [-0.25, -0.2) is 0 Å². The summed E-state index contributed by atoms with van der Waals surface area (Å²) < 4.78 is 0. The van der Waals surface area contributed by atoms with E-state index in [2.05, 4.69) is 20.5 Å². The Labute approximate surface area is 96.8 Å². The Morgan fingerprint density at radius 3 is 3.00 bits per heavy atom. The van der Waals surface area contributed by atoms with E-state index >= 15 is 0 Å². The zero-order valence-electron chi connectivity index (χ0n) is 8.27. The van der Waals surface area contributed by atoms with Crippen LogP contribution in [0.1, 0.15) is 16.2 Å². The highest BCUT2D eigenvalue weighted by molar-refractivity contribution is 6.30. The third-order valence-corrected chi connectivity index (χ3v) is 2.19. The van der Waals surface area contributed by atoms with Crippen molar-refractivity contribution in [3.8, 4) is 0 Å². The van der Waals surface area contributed by atoms with Gasteiger partial charge in [0.05, 0.1) is 12.2 Å². The van der Waals surface area contributed by atoms with Gasteiger partial charge in [-0.2, -0.15) is 5.10 Å². The largest absolute Gasteiger partial charge is 0.345 e. The lowest BCUT2D eigenvalue weighted by Gasteiger charge is -2.02. The van der Waals surface area contributed by atoms with Crippen molar-refractivity contribution in [2.75, 3.05) is 0 Å². The van der Waals surface area contributed by atoms with E-state index in [0.29, 0.717) is 17.3 Å². The molecule has 0 bridgehead atoms. The average Bonchev–Trinajstić information content (AvgIpc) is 2.78. The number of hydrogen-bond acceptors (Lipinski definition) is 3. The van der Waals surface area contributed by atoms with Crippen molar-refractivity contribution in [3.63, 3.8) is 0 Å². The van der Waals surface area contributed by atoms with E-state index in [9.17, 15) is 4.79 Å². The van der Waals surface area contributed by atoms with Crippen molar-refractivity contribution in [1.29, 1.82) is 0 Å². The quantitative estimate of drug-likeness (QED) is 0.846. The molecule has 0 aliphatic heterocycles. The normalized spacial score (nSPS) is 10.1. The molecule has 0 saturated carbocycles. The molecule has 2 aromatic heterocycles. The van der Waals surface area contributed by atoms with Crippen LogP contribution in [-0.4, -0.2) is 21.1 Å². The number of rotatable bonds is 3. The first kappa shape index (κ1) is 10.6. The van der Waals surface area contributed by atoms with Crippen molar-refractivity contribution in [1.82, 2.24) is 20.5 Å². The number of carbonyl (C=O) groups excluding carboxylic acids is 1. The molecule has 2 heterocycles. The van der Waals surface area contributed by atoms with Crippen molar-refractivity contribution >= 4 is 17.5 Å². The van der Waals surface area contributed by atoms with Crippen LogP contribution in [0.4, 0.5) is 0 Å². The van der Waals surface area contributed by atoms with Gasteiger partial charge >= 0.3 is 0 Å². The number of amides is 1. The molecule has 82 valence electrons. The minimum Gasteiger partial charge on any atom is -0.345 e. The molecule has 2 rings (SSSR count). The van der Waals surface area contributed by atoms with Gasteiger partial charge in [0.15, 0.2) is 0 Å². The Balaban J connectivity index is 1.98. The second-order valence-corrected chi connectivity index (χ2v) is 3.56. The fourth-order valence-corrected chi connectivity index (χ4v) is 1.34. The lowest BCUT2D eigenvalue weighted by molar-refractivity contribution is 0.0945. The molecule has 0 spiro atoms. The molecule has 0 aliphatic carbocycles. The van der Waals surface area contributed by atoms with E-state index in [1.165, 1.54) is 12.3 Å². The van der Waals surface area contributed by atoms with E-state index in [0.717, 1.165) is 5.69 Å². The third kappa shape index (κ3) is 2.58. The fraction of sp³-hybridized carbons (Fsp3) is 0.100. The maximum atomic E-state index is 11.6. The van der Waals surface area contributed by atoms with E-state index < -0.39 is 0 Å². The van der Waals surface area contributed by atoms with Gasteiger partial charge in [0.2, 0.25) is 0 Å². The molecular formula is C10H9ClN4O. The van der Waals surface area contributed by atoms with Crippen LogP contribution in [0.25, 0.3) is 0 Å². The summed E-state index contributed by atoms with van der Waals surface area (Å²) in [5.41, 5.74) is 1.13. The summed E-state index contributed by atoms with van der Waals surface area (Å²) >= 11 is 5.75. The number of nitrogens with one attached hydrogen (secondary N) is 2. The smallest absolute Gasteiger partial charge is 0.270 e. The first-order valence-electron chi connectivity index (χ1n) is 4.64. The van der Waals surface area contributed by atoms with Crippen molar-refractivity contribution in [3.05, 3.63) is 47.0 Å². The SMILES string of the molecule is O=C(NCc1ccn[nH]1)c1cc(Cl)ccn1. The number of hydrogen-bond donors (Lipinski definition) is 2. The zero-order chi connectivity index (χ0) is 11.4. The molecule has 16 heavy (non-hydrogen) atoms. The predicted molar refractivity (Wildman–Crippen MR) is 59.0 cm³/mol. The zero-order valence-corrected chi connectivity index (χ0v) is 9.03. The molecule has 0 fully saturated rings. The van der Waals surface area contributed by atoms with Gasteiger partial charge in [-0.1, -0.05) is 11.6 Å². The second kappa shape index (κ2) is 4.76. The first-order valence-corrected chi connectivity index (χ1v) is 5.01. The minimum absolute atomic E-state index is 0.267. The van der Waals surface area contributed by atoms with Crippen LogP contribution in [0.2, 0.25) is 5.02 Å². The number of H-pyrrole nitrogens is 1. The van der Waals surface area contributed by atoms with Gasteiger partial charge in [0.25, 0.3) is 5.91 Å². The van der Waals surface area contributed by atoms with Gasteiger partial charge in [-0.3, -0.25) is 14.9 Å². The van der Waals surface area contributed by atoms with Gasteiger partial charge in [-0.05, 0) is 18.2 Å². The lowest BCUT2D eigenvalue weighted by atomic mass is 10.3. The van der Waals surface area contributed by atoms with E-state index in [1.54, 1.807) is 18.3 Å². The van der Waals surface area contributed by atoms with E-state index in [-0.39, 0.29) is 5.91 Å². The molecule has 0 atom stereocenters. The molecule has 0 unspecified atom stereocenters. The van der Waals surface area contributed by atoms with E-state index in [1.807, 2.05) is 0 Å². The number of carbonyl (C=O) groups is 1. The summed E-state index contributed by atoms with van der Waals surface area (Å²) in [4.78, 5) is 15.5. The Bertz CT molecular complexity index is 483. The topological polar surface area (TPSA) is 70.7 Å². The van der Waals surface area contributed by atoms with Gasteiger partial charge in [-0.15, -0.1) is 0 Å². The monoisotopic (exact) mass is 236 g/mol. The van der Waals surface area contributed by atoms with Crippen molar-refractivity contribution in [2.45, 2.75) is 6.54 Å². The highest BCUT2D eigenvalue weighted by atomic mass is 35.5. The molecule has 2 N–H and O–H groups in total. The maximum absolute atomic E-state index is 11.6. The Morgan fingerprint density at radius 1 is 1.44 bits per heavy atom. The fourth-order valence-electron chi connectivity index (χ4n) is 1.18. The van der Waals surface area contributed by atoms with Crippen LogP contribution < -0.4 is 5.32 Å². The summed E-state index contributed by atoms with van der Waals surface area (Å²) in [5, 5.41) is 9.70. The average molecular weight is 237 g/mol. The van der Waals surface area contributed by atoms with Crippen molar-refractivity contribution < 1.29 is 4.79 Å². The first-order chi connectivity index (χ1) is 7.75. The number of aromatic amines is 1. The maximum Gasteiger partial charge on any atom is 0.270 e. The number of pyridine rings is 1. The summed E-state index contributed by atoms with van der Waals surface area (Å²) in [5.74, 6) is -0.267. The van der Waals surface area contributed by atoms with Crippen LogP contribution in [0.15, 0.2) is 30.6 Å². The lowest BCUT2D eigenvalue weighted by Crippen LogP contribution is -2.23. The molecule has 6 heteroatoms.